The predicted molar refractivity (Wildman–Crippen MR) is 92.0 cm³/mol. The van der Waals surface area contributed by atoms with Gasteiger partial charge in [-0.2, -0.15) is 0 Å². The Hall–Kier alpha value is -1.59. The van der Waals surface area contributed by atoms with Crippen LogP contribution in [0.15, 0.2) is 0 Å². The van der Waals surface area contributed by atoms with Gasteiger partial charge in [-0.1, -0.05) is 0 Å². The molecule has 1 aliphatic heterocycles. The summed E-state index contributed by atoms with van der Waals surface area (Å²) in [6.45, 7) is 10.00. The molecule has 2 rings (SSSR count). The molecule has 0 amide bonds. The van der Waals surface area contributed by atoms with Crippen molar-refractivity contribution in [1.82, 2.24) is 0 Å². The molecule has 1 fully saturated rings. The fraction of sp³-hybridized carbons (Fsp3) is 0.632. The topological polar surface area (TPSA) is 54.0 Å². The van der Waals surface area contributed by atoms with E-state index in [1.807, 2.05) is 34.6 Å². The van der Waals surface area contributed by atoms with E-state index in [4.69, 9.17) is 18.9 Å². The molecule has 1 aliphatic rings. The van der Waals surface area contributed by atoms with E-state index in [-0.39, 0.29) is 5.78 Å². The zero-order chi connectivity index (χ0) is 18.1. The molecule has 0 radical (unpaired) electrons. The maximum atomic E-state index is 12.4. The number of rotatable bonds is 6. The lowest BCUT2D eigenvalue weighted by Crippen LogP contribution is -2.27. The normalized spacial score (nSPS) is 19.4. The van der Waals surface area contributed by atoms with Crippen molar-refractivity contribution < 1.29 is 23.7 Å². The maximum absolute atomic E-state index is 12.4. The fourth-order valence-electron chi connectivity index (χ4n) is 3.29. The van der Waals surface area contributed by atoms with Gasteiger partial charge in [0.15, 0.2) is 11.6 Å². The van der Waals surface area contributed by atoms with Crippen molar-refractivity contribution in [2.75, 3.05) is 20.8 Å². The SMILES string of the molecule is COc1c(C)c(C)c(OC)c(CCC(=O)[C@H]2COC(C)(C)O2)c1C. The van der Waals surface area contributed by atoms with Crippen molar-refractivity contribution in [1.29, 1.82) is 0 Å². The highest BCUT2D eigenvalue weighted by molar-refractivity contribution is 5.84. The Labute approximate surface area is 144 Å². The lowest BCUT2D eigenvalue weighted by Gasteiger charge is -2.21. The summed E-state index contributed by atoms with van der Waals surface area (Å²) < 4.78 is 22.3. The van der Waals surface area contributed by atoms with E-state index in [0.717, 1.165) is 33.8 Å². The van der Waals surface area contributed by atoms with Gasteiger partial charge in [0.25, 0.3) is 0 Å². The van der Waals surface area contributed by atoms with Gasteiger partial charge in [0, 0.05) is 12.0 Å². The van der Waals surface area contributed by atoms with E-state index < -0.39 is 11.9 Å². The van der Waals surface area contributed by atoms with Crippen LogP contribution in [0.25, 0.3) is 0 Å². The van der Waals surface area contributed by atoms with Crippen LogP contribution in [-0.2, 0) is 20.7 Å². The number of ether oxygens (including phenoxy) is 4. The first-order valence-electron chi connectivity index (χ1n) is 8.27. The predicted octanol–water partition coefficient (Wildman–Crippen LogP) is 3.28. The molecule has 0 N–H and O–H groups in total. The van der Waals surface area contributed by atoms with E-state index in [2.05, 4.69) is 0 Å². The van der Waals surface area contributed by atoms with E-state index in [0.29, 0.717) is 19.4 Å². The van der Waals surface area contributed by atoms with Crippen molar-refractivity contribution in [2.45, 2.75) is 59.4 Å². The molecule has 5 heteroatoms. The van der Waals surface area contributed by atoms with Crippen molar-refractivity contribution >= 4 is 5.78 Å². The molecule has 5 nitrogen and oxygen atoms in total. The first-order valence-corrected chi connectivity index (χ1v) is 8.27. The minimum absolute atomic E-state index is 0.0548. The van der Waals surface area contributed by atoms with Gasteiger partial charge in [0.05, 0.1) is 20.8 Å². The third-order valence-electron chi connectivity index (χ3n) is 4.71. The molecule has 0 unspecified atom stereocenters. The van der Waals surface area contributed by atoms with Gasteiger partial charge in [-0.05, 0) is 57.7 Å². The summed E-state index contributed by atoms with van der Waals surface area (Å²) >= 11 is 0. The monoisotopic (exact) mass is 336 g/mol. The molecule has 134 valence electrons. The van der Waals surface area contributed by atoms with Crippen LogP contribution < -0.4 is 9.47 Å². The average molecular weight is 336 g/mol. The Balaban J connectivity index is 2.20. The van der Waals surface area contributed by atoms with Crippen LogP contribution in [0, 0.1) is 20.8 Å². The van der Waals surface area contributed by atoms with Crippen LogP contribution in [0.4, 0.5) is 0 Å². The highest BCUT2D eigenvalue weighted by Crippen LogP contribution is 2.38. The molecule has 0 bridgehead atoms. The van der Waals surface area contributed by atoms with Crippen LogP contribution in [0.2, 0.25) is 0 Å². The van der Waals surface area contributed by atoms with Gasteiger partial charge in [-0.25, -0.2) is 0 Å². The minimum Gasteiger partial charge on any atom is -0.496 e. The van der Waals surface area contributed by atoms with Crippen molar-refractivity contribution in [3.8, 4) is 11.5 Å². The van der Waals surface area contributed by atoms with Gasteiger partial charge in [0.2, 0.25) is 0 Å². The molecule has 0 aliphatic carbocycles. The van der Waals surface area contributed by atoms with Crippen LogP contribution in [0.3, 0.4) is 0 Å². The standard InChI is InChI=1S/C19H28O5/c1-11-12(2)18(22-7)14(13(3)17(11)21-6)8-9-15(20)16-10-23-19(4,5)24-16/h16H,8-10H2,1-7H3/t16-/m1/s1. The van der Waals surface area contributed by atoms with Crippen LogP contribution >= 0.6 is 0 Å². The number of methoxy groups -OCH3 is 2. The van der Waals surface area contributed by atoms with E-state index >= 15 is 0 Å². The summed E-state index contributed by atoms with van der Waals surface area (Å²) in [5.41, 5.74) is 4.15. The Morgan fingerprint density at radius 2 is 1.67 bits per heavy atom. The van der Waals surface area contributed by atoms with Crippen LogP contribution in [0.5, 0.6) is 11.5 Å². The second-order valence-corrected chi connectivity index (χ2v) is 6.70. The second kappa shape index (κ2) is 7.11. The fourth-order valence-corrected chi connectivity index (χ4v) is 3.29. The molecule has 0 aromatic heterocycles. The Kier molecular flexibility index (Phi) is 5.56. The molecule has 1 aromatic carbocycles. The Morgan fingerprint density at radius 3 is 2.17 bits per heavy atom. The summed E-state index contributed by atoms with van der Waals surface area (Å²) in [4.78, 5) is 12.4. The van der Waals surface area contributed by atoms with Gasteiger partial charge in [-0.15, -0.1) is 0 Å². The zero-order valence-electron chi connectivity index (χ0n) is 15.7. The van der Waals surface area contributed by atoms with E-state index in [9.17, 15) is 4.79 Å². The smallest absolute Gasteiger partial charge is 0.164 e. The highest BCUT2D eigenvalue weighted by Gasteiger charge is 2.36. The average Bonchev–Trinajstić information content (AvgIpc) is 2.90. The molecule has 1 heterocycles. The molecular weight excluding hydrogens is 308 g/mol. The summed E-state index contributed by atoms with van der Waals surface area (Å²) in [6, 6.07) is 0. The molecule has 0 saturated carbocycles. The molecule has 1 aromatic rings. The number of hydrogen-bond acceptors (Lipinski definition) is 5. The van der Waals surface area contributed by atoms with Gasteiger partial charge < -0.3 is 18.9 Å². The Bertz CT molecular complexity index is 633. The summed E-state index contributed by atoms with van der Waals surface area (Å²) in [5, 5.41) is 0. The van der Waals surface area contributed by atoms with Crippen LogP contribution in [-0.4, -0.2) is 38.5 Å². The second-order valence-electron chi connectivity index (χ2n) is 6.70. The zero-order valence-corrected chi connectivity index (χ0v) is 15.7. The largest absolute Gasteiger partial charge is 0.496 e. The van der Waals surface area contributed by atoms with Crippen LogP contribution in [0.1, 0.15) is 42.5 Å². The number of ketones is 1. The quantitative estimate of drug-likeness (QED) is 0.798. The summed E-state index contributed by atoms with van der Waals surface area (Å²) in [5.74, 6) is 1.07. The highest BCUT2D eigenvalue weighted by atomic mass is 16.7. The van der Waals surface area contributed by atoms with Crippen molar-refractivity contribution in [3.05, 3.63) is 22.3 Å². The lowest BCUT2D eigenvalue weighted by atomic mass is 9.93. The lowest BCUT2D eigenvalue weighted by molar-refractivity contribution is -0.152. The number of Topliss-reactive ketones (excluding diaryl/α,β-unsaturated/α-hetero) is 1. The molecular formula is C19H28O5. The van der Waals surface area contributed by atoms with Gasteiger partial charge in [-0.3, -0.25) is 4.79 Å². The van der Waals surface area contributed by atoms with Gasteiger partial charge >= 0.3 is 0 Å². The summed E-state index contributed by atoms with van der Waals surface area (Å²) in [7, 11) is 3.33. The van der Waals surface area contributed by atoms with Crippen molar-refractivity contribution in [3.63, 3.8) is 0 Å². The molecule has 0 spiro atoms. The number of benzene rings is 1. The first kappa shape index (κ1) is 18.7. The third kappa shape index (κ3) is 3.57. The summed E-state index contributed by atoms with van der Waals surface area (Å²) in [6.07, 6.45) is 0.484. The molecule has 1 atom stereocenters. The van der Waals surface area contributed by atoms with Gasteiger partial charge in [0.1, 0.15) is 17.6 Å². The van der Waals surface area contributed by atoms with Crippen molar-refractivity contribution in [2.24, 2.45) is 0 Å². The molecule has 24 heavy (non-hydrogen) atoms. The number of hydrogen-bond donors (Lipinski definition) is 0. The maximum Gasteiger partial charge on any atom is 0.164 e. The van der Waals surface area contributed by atoms with E-state index in [1.165, 1.54) is 0 Å². The Morgan fingerprint density at radius 1 is 1.08 bits per heavy atom. The number of carbonyl (C=O) groups is 1. The third-order valence-corrected chi connectivity index (χ3v) is 4.71. The van der Waals surface area contributed by atoms with E-state index in [1.54, 1.807) is 14.2 Å². The first-order chi connectivity index (χ1) is 11.2. The number of carbonyl (C=O) groups excluding carboxylic acids is 1. The molecule has 1 saturated heterocycles. The minimum atomic E-state index is -0.683.